The molecule has 1 saturated heterocycles. The lowest BCUT2D eigenvalue weighted by Crippen LogP contribution is -2.57. The first-order chi connectivity index (χ1) is 10.4. The second-order valence-corrected chi connectivity index (χ2v) is 5.82. The van der Waals surface area contributed by atoms with Crippen LogP contribution in [-0.4, -0.2) is 47.6 Å². The fraction of sp³-hybridized carbons (Fsp3) is 0.467. The number of aliphatic hydroxyl groups is 1. The first-order valence-corrected chi connectivity index (χ1v) is 7.36. The van der Waals surface area contributed by atoms with E-state index in [1.807, 2.05) is 0 Å². The number of nitrogens with two attached hydrogens (primary N) is 1. The zero-order valence-corrected chi connectivity index (χ0v) is 13.1. The molecule has 0 saturated carbocycles. The van der Waals surface area contributed by atoms with E-state index in [0.29, 0.717) is 29.3 Å². The van der Waals surface area contributed by atoms with Gasteiger partial charge in [0.15, 0.2) is 5.60 Å². The molecule has 0 aliphatic carbocycles. The number of methoxy groups -OCH3 is 1. The third kappa shape index (κ3) is 3.34. The first-order valence-electron chi connectivity index (χ1n) is 6.99. The van der Waals surface area contributed by atoms with Gasteiger partial charge in [-0.2, -0.15) is 0 Å². The molecule has 1 aromatic carbocycles. The number of carbonyl (C=O) groups is 2. The number of piperidine rings is 1. The molecule has 1 aromatic rings. The Bertz CT molecular complexity index is 593. The number of hydrogen-bond acceptors (Lipinski definition) is 4. The smallest absolute Gasteiger partial charge is 0.251 e. The number of halogens is 1. The van der Waals surface area contributed by atoms with Crippen LogP contribution in [0.2, 0.25) is 5.02 Å². The quantitative estimate of drug-likeness (QED) is 0.853. The zero-order valence-electron chi connectivity index (χ0n) is 12.3. The third-order valence-corrected chi connectivity index (χ3v) is 4.26. The maximum Gasteiger partial charge on any atom is 0.251 e. The van der Waals surface area contributed by atoms with Crippen molar-refractivity contribution in [1.29, 1.82) is 0 Å². The van der Waals surface area contributed by atoms with Gasteiger partial charge >= 0.3 is 0 Å². The standard InChI is InChI=1S/C15H19ClN2O4/c1-22-12-5-2-4-11(16)10(12)8-13(19)18-7-3-6-15(21,9-18)14(17)20/h2,4-5,21H,3,6-9H2,1H3,(H2,17,20)/t15-/m0/s1. The number of primary amides is 1. The molecule has 1 aliphatic heterocycles. The zero-order chi connectivity index (χ0) is 16.3. The van der Waals surface area contributed by atoms with Gasteiger partial charge in [0, 0.05) is 17.1 Å². The van der Waals surface area contributed by atoms with E-state index in [-0.39, 0.29) is 25.3 Å². The lowest BCUT2D eigenvalue weighted by Gasteiger charge is -2.37. The van der Waals surface area contributed by atoms with Crippen LogP contribution in [0.4, 0.5) is 0 Å². The molecule has 0 bridgehead atoms. The number of carbonyl (C=O) groups excluding carboxylic acids is 2. The molecule has 120 valence electrons. The Labute approximate surface area is 133 Å². The molecule has 7 heteroatoms. The van der Waals surface area contributed by atoms with Gasteiger partial charge in [0.05, 0.1) is 20.1 Å². The average molecular weight is 327 g/mol. The van der Waals surface area contributed by atoms with Gasteiger partial charge in [-0.15, -0.1) is 0 Å². The van der Waals surface area contributed by atoms with E-state index in [1.165, 1.54) is 12.0 Å². The van der Waals surface area contributed by atoms with Crippen LogP contribution in [0.15, 0.2) is 18.2 Å². The van der Waals surface area contributed by atoms with Crippen molar-refractivity contribution in [2.75, 3.05) is 20.2 Å². The fourth-order valence-electron chi connectivity index (χ4n) is 2.61. The Morgan fingerprint density at radius 1 is 1.50 bits per heavy atom. The van der Waals surface area contributed by atoms with Crippen molar-refractivity contribution >= 4 is 23.4 Å². The average Bonchev–Trinajstić information content (AvgIpc) is 2.49. The summed E-state index contributed by atoms with van der Waals surface area (Å²) in [5, 5.41) is 10.6. The number of rotatable bonds is 4. The topological polar surface area (TPSA) is 92.9 Å². The fourth-order valence-corrected chi connectivity index (χ4v) is 2.85. The van der Waals surface area contributed by atoms with Crippen molar-refractivity contribution in [3.05, 3.63) is 28.8 Å². The number of benzene rings is 1. The summed E-state index contributed by atoms with van der Waals surface area (Å²) in [6.45, 7) is 0.384. The van der Waals surface area contributed by atoms with Crippen LogP contribution in [0.25, 0.3) is 0 Å². The van der Waals surface area contributed by atoms with Crippen molar-refractivity contribution in [1.82, 2.24) is 4.90 Å². The van der Waals surface area contributed by atoms with Gasteiger partial charge in [0.1, 0.15) is 5.75 Å². The van der Waals surface area contributed by atoms with Crippen LogP contribution in [-0.2, 0) is 16.0 Å². The van der Waals surface area contributed by atoms with Gasteiger partial charge in [-0.05, 0) is 25.0 Å². The highest BCUT2D eigenvalue weighted by atomic mass is 35.5. The minimum Gasteiger partial charge on any atom is -0.496 e. The third-order valence-electron chi connectivity index (χ3n) is 3.91. The molecule has 0 spiro atoms. The van der Waals surface area contributed by atoms with E-state index < -0.39 is 11.5 Å². The molecular weight excluding hydrogens is 308 g/mol. The molecular formula is C15H19ClN2O4. The molecule has 1 aliphatic rings. The van der Waals surface area contributed by atoms with Gasteiger partial charge in [0.2, 0.25) is 5.91 Å². The number of hydrogen-bond donors (Lipinski definition) is 2. The van der Waals surface area contributed by atoms with Crippen LogP contribution in [0.3, 0.4) is 0 Å². The summed E-state index contributed by atoms with van der Waals surface area (Å²) < 4.78 is 5.21. The van der Waals surface area contributed by atoms with Gasteiger partial charge in [-0.1, -0.05) is 17.7 Å². The molecule has 0 aromatic heterocycles. The lowest BCUT2D eigenvalue weighted by atomic mass is 9.92. The molecule has 1 atom stereocenters. The van der Waals surface area contributed by atoms with Gasteiger partial charge < -0.3 is 20.5 Å². The Morgan fingerprint density at radius 2 is 2.23 bits per heavy atom. The highest BCUT2D eigenvalue weighted by Crippen LogP contribution is 2.28. The van der Waals surface area contributed by atoms with Crippen molar-refractivity contribution in [3.63, 3.8) is 0 Å². The van der Waals surface area contributed by atoms with E-state index in [2.05, 4.69) is 0 Å². The number of nitrogens with zero attached hydrogens (tertiary/aromatic N) is 1. The summed E-state index contributed by atoms with van der Waals surface area (Å²) >= 11 is 6.12. The molecule has 0 radical (unpaired) electrons. The molecule has 0 unspecified atom stereocenters. The van der Waals surface area contributed by atoms with Crippen LogP contribution >= 0.6 is 11.6 Å². The van der Waals surface area contributed by atoms with Gasteiger partial charge in [0.25, 0.3) is 5.91 Å². The Balaban J connectivity index is 2.15. The van der Waals surface area contributed by atoms with Crippen LogP contribution in [0.1, 0.15) is 18.4 Å². The molecule has 22 heavy (non-hydrogen) atoms. The van der Waals surface area contributed by atoms with E-state index >= 15 is 0 Å². The van der Waals surface area contributed by atoms with E-state index in [0.717, 1.165) is 0 Å². The molecule has 6 nitrogen and oxygen atoms in total. The van der Waals surface area contributed by atoms with E-state index in [4.69, 9.17) is 22.1 Å². The number of amides is 2. The monoisotopic (exact) mass is 326 g/mol. The summed E-state index contributed by atoms with van der Waals surface area (Å²) in [5.74, 6) is -0.505. The minimum atomic E-state index is -1.65. The van der Waals surface area contributed by atoms with Crippen molar-refractivity contribution in [3.8, 4) is 5.75 Å². The largest absolute Gasteiger partial charge is 0.496 e. The van der Waals surface area contributed by atoms with Crippen molar-refractivity contribution in [2.45, 2.75) is 24.9 Å². The second kappa shape index (κ2) is 6.54. The van der Waals surface area contributed by atoms with Crippen molar-refractivity contribution in [2.24, 2.45) is 5.73 Å². The normalized spacial score (nSPS) is 21.5. The molecule has 1 heterocycles. The van der Waals surface area contributed by atoms with Gasteiger partial charge in [-0.3, -0.25) is 9.59 Å². The number of β-amino-alcohol motifs (C(OH)–C–C–N with tert-alkyl or cyclic N) is 1. The summed E-state index contributed by atoms with van der Waals surface area (Å²) in [7, 11) is 1.51. The summed E-state index contributed by atoms with van der Waals surface area (Å²) in [5.41, 5.74) is 4.15. The molecule has 2 amide bonds. The Morgan fingerprint density at radius 3 is 2.86 bits per heavy atom. The molecule has 3 N–H and O–H groups in total. The molecule has 2 rings (SSSR count). The highest BCUT2D eigenvalue weighted by Gasteiger charge is 2.40. The van der Waals surface area contributed by atoms with E-state index in [9.17, 15) is 14.7 Å². The first kappa shape index (κ1) is 16.6. The Hall–Kier alpha value is -1.79. The summed E-state index contributed by atoms with van der Waals surface area (Å²) in [6, 6.07) is 5.15. The van der Waals surface area contributed by atoms with Crippen LogP contribution in [0, 0.1) is 0 Å². The van der Waals surface area contributed by atoms with Gasteiger partial charge in [-0.25, -0.2) is 0 Å². The second-order valence-electron chi connectivity index (χ2n) is 5.41. The maximum absolute atomic E-state index is 12.4. The number of ether oxygens (including phenoxy) is 1. The summed E-state index contributed by atoms with van der Waals surface area (Å²) in [6.07, 6.45) is 0.823. The predicted molar refractivity (Wildman–Crippen MR) is 81.7 cm³/mol. The van der Waals surface area contributed by atoms with Crippen LogP contribution < -0.4 is 10.5 Å². The van der Waals surface area contributed by atoms with E-state index in [1.54, 1.807) is 18.2 Å². The lowest BCUT2D eigenvalue weighted by molar-refractivity contribution is -0.148. The minimum absolute atomic E-state index is 0.0394. The van der Waals surface area contributed by atoms with Crippen LogP contribution in [0.5, 0.6) is 5.75 Å². The summed E-state index contributed by atoms with van der Waals surface area (Å²) in [4.78, 5) is 25.2. The van der Waals surface area contributed by atoms with Crippen molar-refractivity contribution < 1.29 is 19.4 Å². The maximum atomic E-state index is 12.4. The highest BCUT2D eigenvalue weighted by molar-refractivity contribution is 6.31. The number of likely N-dealkylation sites (tertiary alicyclic amines) is 1. The SMILES string of the molecule is COc1cccc(Cl)c1CC(=O)N1CCC[C@@](O)(C(N)=O)C1. The Kier molecular flexibility index (Phi) is 4.93. The molecule has 1 fully saturated rings. The predicted octanol–water partition coefficient (Wildman–Crippen LogP) is 0.730.